The number of para-hydroxylation sites is 1. The molecule has 2 heterocycles. The van der Waals surface area contributed by atoms with Crippen molar-refractivity contribution in [1.29, 1.82) is 0 Å². The number of ether oxygens (including phenoxy) is 4. The molecule has 166 valence electrons. The van der Waals surface area contributed by atoms with Gasteiger partial charge in [0.05, 0.1) is 30.9 Å². The molecule has 2 amide bonds. The summed E-state index contributed by atoms with van der Waals surface area (Å²) >= 11 is 0. The highest BCUT2D eigenvalue weighted by Crippen LogP contribution is 2.40. The zero-order valence-corrected chi connectivity index (χ0v) is 17.6. The first kappa shape index (κ1) is 22.1. The van der Waals surface area contributed by atoms with Gasteiger partial charge in [-0.05, 0) is 26.8 Å². The smallest absolute Gasteiger partial charge is 0.435 e. The molecular formula is C20H23N3O8. The molecule has 0 saturated heterocycles. The average molecular weight is 433 g/mol. The third-order valence-electron chi connectivity index (χ3n) is 4.53. The zero-order chi connectivity index (χ0) is 22.7. The van der Waals surface area contributed by atoms with Crippen molar-refractivity contribution < 1.29 is 38.1 Å². The van der Waals surface area contributed by atoms with Gasteiger partial charge in [-0.3, -0.25) is 4.79 Å². The fourth-order valence-corrected chi connectivity index (χ4v) is 3.42. The number of hydrazine groups is 1. The van der Waals surface area contributed by atoms with Gasteiger partial charge in [0.1, 0.15) is 0 Å². The summed E-state index contributed by atoms with van der Waals surface area (Å²) in [5.74, 6) is -0.824. The van der Waals surface area contributed by atoms with Gasteiger partial charge in [-0.1, -0.05) is 18.2 Å². The van der Waals surface area contributed by atoms with E-state index in [0.717, 1.165) is 9.58 Å². The number of ketones is 1. The van der Waals surface area contributed by atoms with Crippen LogP contribution >= 0.6 is 0 Å². The summed E-state index contributed by atoms with van der Waals surface area (Å²) in [6.45, 7) is 4.78. The number of anilines is 1. The van der Waals surface area contributed by atoms with Gasteiger partial charge < -0.3 is 18.9 Å². The van der Waals surface area contributed by atoms with E-state index < -0.39 is 30.3 Å². The molecule has 0 fully saturated rings. The topological polar surface area (TPSA) is 117 Å². The number of benzene rings is 1. The first-order valence-electron chi connectivity index (χ1n) is 9.73. The van der Waals surface area contributed by atoms with E-state index in [1.807, 2.05) is 0 Å². The predicted octanol–water partition coefficient (Wildman–Crippen LogP) is 3.15. The maximum Gasteiger partial charge on any atom is 0.435 e. The maximum atomic E-state index is 13.4. The molecule has 0 spiro atoms. The quantitative estimate of drug-likeness (QED) is 0.675. The molecule has 0 aliphatic carbocycles. The van der Waals surface area contributed by atoms with Crippen molar-refractivity contribution in [3.05, 3.63) is 29.8 Å². The molecule has 31 heavy (non-hydrogen) atoms. The minimum Gasteiger partial charge on any atom is -0.449 e. The van der Waals surface area contributed by atoms with Crippen molar-refractivity contribution in [2.24, 2.45) is 0 Å². The van der Waals surface area contributed by atoms with E-state index in [9.17, 15) is 19.2 Å². The number of hydrogen-bond acceptors (Lipinski definition) is 8. The van der Waals surface area contributed by atoms with Crippen molar-refractivity contribution in [2.45, 2.75) is 27.0 Å². The first-order chi connectivity index (χ1) is 14.9. The molecule has 2 aromatic rings. The number of nitrogens with zero attached hydrogens (tertiary/aromatic N) is 3. The molecule has 0 N–H and O–H groups in total. The standard InChI is InChI=1S/C20H23N3O8/c1-5-29-18(25)21-13-11-9-8-10-12(13)14-15(24)17(28-4)23(20(27)31-7-3)22(16(14)21)19(26)30-6-2/h8-11,17H,5-7H2,1-4H3. The molecule has 1 unspecified atom stereocenters. The molecular weight excluding hydrogens is 410 g/mol. The number of Topliss-reactive ketones (excluding diaryl/α,β-unsaturated/α-hetero) is 1. The number of fused-ring (bicyclic) bond motifs is 3. The fraction of sp³-hybridized carbons (Fsp3) is 0.400. The highest BCUT2D eigenvalue weighted by atomic mass is 16.6. The van der Waals surface area contributed by atoms with E-state index in [2.05, 4.69) is 0 Å². The second-order valence-corrected chi connectivity index (χ2v) is 6.26. The Morgan fingerprint density at radius 2 is 1.48 bits per heavy atom. The summed E-state index contributed by atoms with van der Waals surface area (Å²) < 4.78 is 21.6. The number of rotatable bonds is 4. The molecule has 3 rings (SSSR count). The lowest BCUT2D eigenvalue weighted by Crippen LogP contribution is -2.62. The van der Waals surface area contributed by atoms with Crippen molar-refractivity contribution >= 4 is 40.8 Å². The largest absolute Gasteiger partial charge is 0.449 e. The summed E-state index contributed by atoms with van der Waals surface area (Å²) in [5.41, 5.74) is 0.332. The third kappa shape index (κ3) is 3.56. The second kappa shape index (κ2) is 9.04. The summed E-state index contributed by atoms with van der Waals surface area (Å²) in [7, 11) is 1.22. The van der Waals surface area contributed by atoms with Crippen LogP contribution in [0, 0.1) is 0 Å². The monoisotopic (exact) mass is 433 g/mol. The number of amides is 2. The Labute approximate surface area is 177 Å². The summed E-state index contributed by atoms with van der Waals surface area (Å²) in [4.78, 5) is 52.0. The van der Waals surface area contributed by atoms with E-state index in [4.69, 9.17) is 18.9 Å². The van der Waals surface area contributed by atoms with E-state index in [1.165, 1.54) is 7.11 Å². The SMILES string of the molecule is CCOC(=O)N1c2c(c3ccccc3n2C(=O)OCC)C(=O)C(OC)N1C(=O)OCC. The van der Waals surface area contributed by atoms with Gasteiger partial charge in [0.15, 0.2) is 5.82 Å². The van der Waals surface area contributed by atoms with Crippen LogP contribution in [0.3, 0.4) is 0 Å². The van der Waals surface area contributed by atoms with Crippen molar-refractivity contribution in [2.75, 3.05) is 31.9 Å². The van der Waals surface area contributed by atoms with Crippen molar-refractivity contribution in [3.8, 4) is 0 Å². The van der Waals surface area contributed by atoms with Crippen LogP contribution in [0.1, 0.15) is 31.1 Å². The van der Waals surface area contributed by atoms with E-state index in [-0.39, 0.29) is 31.2 Å². The molecule has 1 aromatic carbocycles. The van der Waals surface area contributed by atoms with Crippen LogP contribution in [0.5, 0.6) is 0 Å². The van der Waals surface area contributed by atoms with Crippen LogP contribution in [0.4, 0.5) is 20.2 Å². The fourth-order valence-electron chi connectivity index (χ4n) is 3.42. The van der Waals surface area contributed by atoms with Gasteiger partial charge in [0.2, 0.25) is 12.0 Å². The maximum absolute atomic E-state index is 13.4. The minimum atomic E-state index is -1.52. The van der Waals surface area contributed by atoms with Crippen LogP contribution in [0.25, 0.3) is 10.9 Å². The molecule has 11 heteroatoms. The second-order valence-electron chi connectivity index (χ2n) is 6.26. The Morgan fingerprint density at radius 1 is 0.903 bits per heavy atom. The molecule has 1 aliphatic rings. The Balaban J connectivity index is 2.39. The first-order valence-corrected chi connectivity index (χ1v) is 9.73. The number of hydrogen-bond donors (Lipinski definition) is 0. The Kier molecular flexibility index (Phi) is 6.44. The van der Waals surface area contributed by atoms with Gasteiger partial charge in [-0.15, -0.1) is 0 Å². The molecule has 1 aromatic heterocycles. The Bertz CT molecular complexity index is 998. The molecule has 0 saturated carbocycles. The van der Waals surface area contributed by atoms with E-state index in [0.29, 0.717) is 15.9 Å². The predicted molar refractivity (Wildman–Crippen MR) is 108 cm³/mol. The van der Waals surface area contributed by atoms with Crippen LogP contribution in [0.2, 0.25) is 0 Å². The third-order valence-corrected chi connectivity index (χ3v) is 4.53. The average Bonchev–Trinajstić information content (AvgIpc) is 3.09. The van der Waals surface area contributed by atoms with E-state index in [1.54, 1.807) is 45.0 Å². The van der Waals surface area contributed by atoms with Crippen molar-refractivity contribution in [1.82, 2.24) is 9.58 Å². The lowest BCUT2D eigenvalue weighted by Gasteiger charge is -2.40. The summed E-state index contributed by atoms with van der Waals surface area (Å²) in [6.07, 6.45) is -4.37. The minimum absolute atomic E-state index is 0.0177. The molecule has 11 nitrogen and oxygen atoms in total. The number of carbonyl (C=O) groups excluding carboxylic acids is 4. The van der Waals surface area contributed by atoms with Crippen LogP contribution < -0.4 is 5.01 Å². The normalized spacial score (nSPS) is 15.6. The molecule has 1 aliphatic heterocycles. The highest BCUT2D eigenvalue weighted by molar-refractivity contribution is 6.20. The Morgan fingerprint density at radius 3 is 2.10 bits per heavy atom. The molecule has 1 atom stereocenters. The van der Waals surface area contributed by atoms with Crippen LogP contribution in [-0.2, 0) is 18.9 Å². The number of aromatic nitrogens is 1. The van der Waals surface area contributed by atoms with Gasteiger partial charge >= 0.3 is 18.3 Å². The summed E-state index contributed by atoms with van der Waals surface area (Å²) in [6, 6.07) is 6.56. The highest BCUT2D eigenvalue weighted by Gasteiger charge is 2.50. The zero-order valence-electron chi connectivity index (χ0n) is 17.6. The van der Waals surface area contributed by atoms with Gasteiger partial charge in [-0.2, -0.15) is 10.0 Å². The number of methoxy groups -OCH3 is 1. The van der Waals surface area contributed by atoms with Gasteiger partial charge in [0, 0.05) is 12.5 Å². The lowest BCUT2D eigenvalue weighted by atomic mass is 10.1. The van der Waals surface area contributed by atoms with Gasteiger partial charge in [-0.25, -0.2) is 19.0 Å². The van der Waals surface area contributed by atoms with E-state index >= 15 is 0 Å². The Hall–Kier alpha value is -3.60. The van der Waals surface area contributed by atoms with Crippen LogP contribution in [0.15, 0.2) is 24.3 Å². The van der Waals surface area contributed by atoms with Crippen LogP contribution in [-0.4, -0.2) is 66.8 Å². The molecule has 0 radical (unpaired) electrons. The molecule has 0 bridgehead atoms. The summed E-state index contributed by atoms with van der Waals surface area (Å²) in [5, 5.41) is 1.86. The number of carbonyl (C=O) groups is 4. The van der Waals surface area contributed by atoms with Gasteiger partial charge in [0.25, 0.3) is 0 Å². The van der Waals surface area contributed by atoms with Crippen molar-refractivity contribution in [3.63, 3.8) is 0 Å². The lowest BCUT2D eigenvalue weighted by molar-refractivity contribution is -0.0243.